The van der Waals surface area contributed by atoms with Gasteiger partial charge >= 0.3 is 0 Å². The second-order valence-corrected chi connectivity index (χ2v) is 6.67. The molecule has 0 saturated heterocycles. The van der Waals surface area contributed by atoms with Crippen molar-refractivity contribution in [3.05, 3.63) is 53.9 Å². The molecule has 1 aliphatic heterocycles. The highest BCUT2D eigenvalue weighted by Crippen LogP contribution is 2.32. The first kappa shape index (κ1) is 18.2. The average Bonchev–Trinajstić information content (AvgIpc) is 3.15. The number of carbonyl (C=O) groups is 1. The van der Waals surface area contributed by atoms with E-state index in [1.54, 1.807) is 0 Å². The highest BCUT2D eigenvalue weighted by Gasteiger charge is 2.22. The second kappa shape index (κ2) is 8.21. The number of nitrogens with zero attached hydrogens (tertiary/aromatic N) is 1. The van der Waals surface area contributed by atoms with Gasteiger partial charge in [0.1, 0.15) is 0 Å². The van der Waals surface area contributed by atoms with Crippen LogP contribution in [0.2, 0.25) is 0 Å². The number of benzene rings is 1. The SMILES string of the molecule is CCC(CC)c1cc[n+]([C@@H](C)C(=O)NCc2ccc3c(c2)OCO3)cc1. The minimum absolute atomic E-state index is 0.0112. The fourth-order valence-electron chi connectivity index (χ4n) is 3.26. The zero-order valence-electron chi connectivity index (χ0n) is 15.7. The molecule has 26 heavy (non-hydrogen) atoms. The van der Waals surface area contributed by atoms with Gasteiger partial charge in [-0.15, -0.1) is 0 Å². The highest BCUT2D eigenvalue weighted by molar-refractivity contribution is 5.78. The lowest BCUT2D eigenvalue weighted by atomic mass is 9.95. The Kier molecular flexibility index (Phi) is 5.76. The summed E-state index contributed by atoms with van der Waals surface area (Å²) in [6.45, 7) is 7.05. The lowest BCUT2D eigenvalue weighted by molar-refractivity contribution is -0.706. The maximum absolute atomic E-state index is 12.5. The molecule has 0 unspecified atom stereocenters. The predicted octanol–water partition coefficient (Wildman–Crippen LogP) is 3.48. The summed E-state index contributed by atoms with van der Waals surface area (Å²) in [7, 11) is 0. The Labute approximate surface area is 155 Å². The van der Waals surface area contributed by atoms with Crippen LogP contribution in [0.4, 0.5) is 0 Å². The van der Waals surface area contributed by atoms with E-state index in [9.17, 15) is 4.79 Å². The van der Waals surface area contributed by atoms with Crippen molar-refractivity contribution in [2.75, 3.05) is 6.79 Å². The number of carbonyl (C=O) groups excluding carboxylic acids is 1. The zero-order valence-corrected chi connectivity index (χ0v) is 15.7. The molecule has 0 fully saturated rings. The molecule has 0 bridgehead atoms. The molecule has 1 aromatic carbocycles. The van der Waals surface area contributed by atoms with Crippen molar-refractivity contribution in [3.8, 4) is 11.5 Å². The van der Waals surface area contributed by atoms with E-state index >= 15 is 0 Å². The summed E-state index contributed by atoms with van der Waals surface area (Å²) in [6, 6.07) is 9.71. The first-order valence-corrected chi connectivity index (χ1v) is 9.29. The van der Waals surface area contributed by atoms with E-state index in [1.165, 1.54) is 5.56 Å². The van der Waals surface area contributed by atoms with E-state index < -0.39 is 0 Å². The molecule has 1 amide bonds. The number of aromatic nitrogens is 1. The minimum atomic E-state index is -0.264. The van der Waals surface area contributed by atoms with Gasteiger partial charge in [0.25, 0.3) is 5.91 Å². The van der Waals surface area contributed by atoms with Crippen LogP contribution < -0.4 is 19.4 Å². The minimum Gasteiger partial charge on any atom is -0.454 e. The molecule has 5 nitrogen and oxygen atoms in total. The average molecular weight is 355 g/mol. The monoisotopic (exact) mass is 355 g/mol. The summed E-state index contributed by atoms with van der Waals surface area (Å²) in [4.78, 5) is 12.5. The molecule has 5 heteroatoms. The van der Waals surface area contributed by atoms with Crippen LogP contribution in [0.5, 0.6) is 11.5 Å². The molecule has 2 aromatic rings. The molecule has 0 radical (unpaired) electrons. The third-order valence-corrected chi connectivity index (χ3v) is 5.07. The molecular formula is C21H27N2O3+. The molecule has 3 rings (SSSR count). The molecule has 1 atom stereocenters. The van der Waals surface area contributed by atoms with Crippen molar-refractivity contribution in [1.82, 2.24) is 5.32 Å². The lowest BCUT2D eigenvalue weighted by Gasteiger charge is -2.13. The van der Waals surface area contributed by atoms with E-state index in [2.05, 4.69) is 31.3 Å². The maximum Gasteiger partial charge on any atom is 0.289 e. The molecule has 1 N–H and O–H groups in total. The second-order valence-electron chi connectivity index (χ2n) is 6.67. The summed E-state index contributed by atoms with van der Waals surface area (Å²) in [6.07, 6.45) is 6.26. The van der Waals surface area contributed by atoms with Crippen LogP contribution in [0.15, 0.2) is 42.7 Å². The Morgan fingerprint density at radius 3 is 2.50 bits per heavy atom. The quantitative estimate of drug-likeness (QED) is 0.774. The van der Waals surface area contributed by atoms with Crippen LogP contribution in [-0.4, -0.2) is 12.7 Å². The fourth-order valence-corrected chi connectivity index (χ4v) is 3.26. The molecule has 138 valence electrons. The highest BCUT2D eigenvalue weighted by atomic mass is 16.7. The van der Waals surface area contributed by atoms with Gasteiger partial charge in [-0.2, -0.15) is 4.57 Å². The molecule has 1 aliphatic rings. The van der Waals surface area contributed by atoms with Crippen LogP contribution in [0.1, 0.15) is 56.7 Å². The topological polar surface area (TPSA) is 51.4 Å². The Morgan fingerprint density at radius 2 is 1.81 bits per heavy atom. The van der Waals surface area contributed by atoms with Gasteiger partial charge in [-0.1, -0.05) is 19.9 Å². The van der Waals surface area contributed by atoms with E-state index in [0.717, 1.165) is 29.9 Å². The van der Waals surface area contributed by atoms with Crippen LogP contribution in [0.25, 0.3) is 0 Å². The zero-order chi connectivity index (χ0) is 18.5. The third-order valence-electron chi connectivity index (χ3n) is 5.07. The number of fused-ring (bicyclic) bond motifs is 1. The first-order chi connectivity index (χ1) is 12.6. The van der Waals surface area contributed by atoms with Crippen molar-refractivity contribution in [2.45, 2.75) is 52.1 Å². The fraction of sp³-hybridized carbons (Fsp3) is 0.429. The largest absolute Gasteiger partial charge is 0.454 e. The van der Waals surface area contributed by atoms with Gasteiger partial charge in [0.2, 0.25) is 12.8 Å². The Hall–Kier alpha value is -2.56. The van der Waals surface area contributed by atoms with E-state index in [1.807, 2.05) is 42.1 Å². The third kappa shape index (κ3) is 3.98. The van der Waals surface area contributed by atoms with Crippen molar-refractivity contribution in [3.63, 3.8) is 0 Å². The number of pyridine rings is 1. The Morgan fingerprint density at radius 1 is 1.12 bits per heavy atom. The Balaban J connectivity index is 1.59. The smallest absolute Gasteiger partial charge is 0.289 e. The predicted molar refractivity (Wildman–Crippen MR) is 99.1 cm³/mol. The number of hydrogen-bond donors (Lipinski definition) is 1. The lowest BCUT2D eigenvalue weighted by Crippen LogP contribution is -2.46. The summed E-state index contributed by atoms with van der Waals surface area (Å²) < 4.78 is 12.6. The van der Waals surface area contributed by atoms with E-state index in [4.69, 9.17) is 9.47 Å². The maximum atomic E-state index is 12.5. The molecule has 2 heterocycles. The summed E-state index contributed by atoms with van der Waals surface area (Å²) in [5.41, 5.74) is 2.32. The summed E-state index contributed by atoms with van der Waals surface area (Å²) in [5, 5.41) is 2.99. The van der Waals surface area contributed by atoms with Gasteiger partial charge in [0.05, 0.1) is 0 Å². The standard InChI is InChI=1S/C21H26N2O3/c1-4-17(5-2)18-8-10-23(11-9-18)15(3)21(24)22-13-16-6-7-19-20(12-16)26-14-25-19/h6-12,15,17H,4-5,13-14H2,1-3H3/p+1/t15-/m0/s1. The molecule has 0 saturated carbocycles. The van der Waals surface area contributed by atoms with Crippen LogP contribution in [-0.2, 0) is 11.3 Å². The normalized spacial score (nSPS) is 13.7. The van der Waals surface area contributed by atoms with E-state index in [-0.39, 0.29) is 18.7 Å². The number of amides is 1. The molecule has 0 aliphatic carbocycles. The molecule has 0 spiro atoms. The van der Waals surface area contributed by atoms with Crippen molar-refractivity contribution in [1.29, 1.82) is 0 Å². The van der Waals surface area contributed by atoms with Crippen molar-refractivity contribution >= 4 is 5.91 Å². The molecular weight excluding hydrogens is 328 g/mol. The van der Waals surface area contributed by atoms with Gasteiger partial charge in [-0.25, -0.2) is 0 Å². The number of ether oxygens (including phenoxy) is 2. The van der Waals surface area contributed by atoms with Crippen molar-refractivity contribution in [2.24, 2.45) is 0 Å². The molecule has 1 aromatic heterocycles. The van der Waals surface area contributed by atoms with Crippen molar-refractivity contribution < 1.29 is 18.8 Å². The Bertz CT molecular complexity index is 754. The van der Waals surface area contributed by atoms with Gasteiger partial charge < -0.3 is 14.8 Å². The van der Waals surface area contributed by atoms with E-state index in [0.29, 0.717) is 12.5 Å². The first-order valence-electron chi connectivity index (χ1n) is 9.29. The number of hydrogen-bond acceptors (Lipinski definition) is 3. The number of rotatable bonds is 7. The number of nitrogens with one attached hydrogen (secondary N) is 1. The summed E-state index contributed by atoms with van der Waals surface area (Å²) >= 11 is 0. The van der Waals surface area contributed by atoms with Crippen LogP contribution in [0, 0.1) is 0 Å². The van der Waals surface area contributed by atoms with Crippen LogP contribution in [0.3, 0.4) is 0 Å². The van der Waals surface area contributed by atoms with Gasteiger partial charge in [-0.3, -0.25) is 4.79 Å². The van der Waals surface area contributed by atoms with Gasteiger partial charge in [0, 0.05) is 25.6 Å². The van der Waals surface area contributed by atoms with Crippen LogP contribution >= 0.6 is 0 Å². The summed E-state index contributed by atoms with van der Waals surface area (Å²) in [5.74, 6) is 2.06. The van der Waals surface area contributed by atoms with Gasteiger partial charge in [-0.05, 0) is 42.0 Å². The van der Waals surface area contributed by atoms with Gasteiger partial charge in [0.15, 0.2) is 23.9 Å².